The summed E-state index contributed by atoms with van der Waals surface area (Å²) in [5.41, 5.74) is 3.75. The predicted octanol–water partition coefficient (Wildman–Crippen LogP) is 4.38. The number of aliphatic hydroxyl groups is 1. The summed E-state index contributed by atoms with van der Waals surface area (Å²) in [7, 11) is 0. The summed E-state index contributed by atoms with van der Waals surface area (Å²) in [6, 6.07) is 14.2. The normalized spacial score (nSPS) is 15.0. The Kier molecular flexibility index (Phi) is 8.14. The molecule has 0 aliphatic heterocycles. The van der Waals surface area contributed by atoms with Crippen molar-refractivity contribution in [2.75, 3.05) is 13.2 Å². The quantitative estimate of drug-likeness (QED) is 0.436. The molecule has 31 heavy (non-hydrogen) atoms. The average molecular weight is 490 g/mol. The van der Waals surface area contributed by atoms with Gasteiger partial charge in [-0.2, -0.15) is 0 Å². The van der Waals surface area contributed by atoms with E-state index in [0.717, 1.165) is 29.3 Å². The van der Waals surface area contributed by atoms with Crippen molar-refractivity contribution < 1.29 is 19.7 Å². The minimum absolute atomic E-state index is 0.0782. The first-order valence-electron chi connectivity index (χ1n) is 10.8. The van der Waals surface area contributed by atoms with Crippen molar-refractivity contribution in [1.29, 1.82) is 0 Å². The molecule has 5 nitrogen and oxygen atoms in total. The lowest BCUT2D eigenvalue weighted by atomic mass is 9.88. The van der Waals surface area contributed by atoms with Gasteiger partial charge in [-0.3, -0.25) is 4.79 Å². The number of carboxylic acids is 1. The average Bonchev–Trinajstić information content (AvgIpc) is 3.12. The number of nitrogens with one attached hydrogen (secondary N) is 1. The van der Waals surface area contributed by atoms with E-state index in [-0.39, 0.29) is 18.6 Å². The van der Waals surface area contributed by atoms with Gasteiger partial charge in [-0.25, -0.2) is 0 Å². The molecule has 0 spiro atoms. The van der Waals surface area contributed by atoms with E-state index in [1.54, 1.807) is 0 Å². The Balaban J connectivity index is 1.44. The molecule has 0 radical (unpaired) electrons. The van der Waals surface area contributed by atoms with E-state index < -0.39 is 12.1 Å². The largest absolute Gasteiger partial charge is 0.490 e. The molecule has 0 heterocycles. The van der Waals surface area contributed by atoms with Gasteiger partial charge < -0.3 is 20.3 Å². The topological polar surface area (TPSA) is 78.8 Å². The van der Waals surface area contributed by atoms with Crippen molar-refractivity contribution in [3.63, 3.8) is 0 Å². The number of rotatable bonds is 11. The van der Waals surface area contributed by atoms with Gasteiger partial charge in [0.05, 0.1) is 4.47 Å². The van der Waals surface area contributed by atoms with Gasteiger partial charge in [0.25, 0.3) is 0 Å². The summed E-state index contributed by atoms with van der Waals surface area (Å²) in [6.45, 7) is 4.99. The fourth-order valence-electron chi connectivity index (χ4n) is 4.29. The van der Waals surface area contributed by atoms with E-state index in [4.69, 9.17) is 9.84 Å². The van der Waals surface area contributed by atoms with Crippen LogP contribution < -0.4 is 10.1 Å². The Morgan fingerprint density at radius 2 is 1.90 bits per heavy atom. The van der Waals surface area contributed by atoms with Crippen LogP contribution >= 0.6 is 15.9 Å². The summed E-state index contributed by atoms with van der Waals surface area (Å²) in [6.07, 6.45) is 3.18. The number of carboxylic acid groups (broad SMARTS) is 1. The molecule has 1 aliphatic rings. The molecule has 3 N–H and O–H groups in total. The van der Waals surface area contributed by atoms with Gasteiger partial charge in [0.2, 0.25) is 0 Å². The number of ether oxygens (including phenoxy) is 1. The highest BCUT2D eigenvalue weighted by Gasteiger charge is 2.28. The highest BCUT2D eigenvalue weighted by Crippen LogP contribution is 2.32. The first-order valence-corrected chi connectivity index (χ1v) is 11.6. The fourth-order valence-corrected chi connectivity index (χ4v) is 4.65. The van der Waals surface area contributed by atoms with Gasteiger partial charge in [0, 0.05) is 18.5 Å². The molecular formula is C25H32BrNO4. The van der Waals surface area contributed by atoms with Gasteiger partial charge >= 0.3 is 5.97 Å². The van der Waals surface area contributed by atoms with Crippen molar-refractivity contribution in [2.24, 2.45) is 5.92 Å². The van der Waals surface area contributed by atoms with Gasteiger partial charge in [-0.1, -0.05) is 30.3 Å². The summed E-state index contributed by atoms with van der Waals surface area (Å²) >= 11 is 3.45. The standard InChI is InChI=1S/C25H32BrNO4/c1-25(2,14-18-11-19-5-3-4-6-20(19)12-18)27-15-21(28)16-31-23-13-17(7-9-22(23)26)8-10-24(29)30/h3-7,9,13,18,21,27-28H,8,10-12,14-16H2,1-2H3,(H,29,30)/t21-/m1/s1. The first kappa shape index (κ1) is 23.8. The van der Waals surface area contributed by atoms with E-state index in [9.17, 15) is 9.90 Å². The number of aliphatic carboxylic acids is 1. The van der Waals surface area contributed by atoms with Crippen molar-refractivity contribution in [3.05, 3.63) is 63.6 Å². The van der Waals surface area contributed by atoms with Crippen molar-refractivity contribution in [2.45, 2.75) is 57.6 Å². The lowest BCUT2D eigenvalue weighted by Gasteiger charge is -2.30. The molecule has 2 aromatic carbocycles. The minimum atomic E-state index is -0.823. The maximum Gasteiger partial charge on any atom is 0.303 e. The van der Waals surface area contributed by atoms with Crippen molar-refractivity contribution in [1.82, 2.24) is 5.32 Å². The van der Waals surface area contributed by atoms with Crippen LogP contribution in [0.1, 0.15) is 43.4 Å². The molecule has 1 aliphatic carbocycles. The number of halogens is 1. The van der Waals surface area contributed by atoms with E-state index in [1.165, 1.54) is 11.1 Å². The van der Waals surface area contributed by atoms with Gasteiger partial charge in [0.15, 0.2) is 0 Å². The van der Waals surface area contributed by atoms with Gasteiger partial charge in [0.1, 0.15) is 18.5 Å². The summed E-state index contributed by atoms with van der Waals surface area (Å²) in [4.78, 5) is 10.8. The predicted molar refractivity (Wildman–Crippen MR) is 126 cm³/mol. The number of hydrogen-bond donors (Lipinski definition) is 3. The number of β-amino-alcohol motifs (C(OH)–C–C–N with tert-alkyl or cyclic N) is 1. The zero-order valence-electron chi connectivity index (χ0n) is 18.2. The van der Waals surface area contributed by atoms with Crippen LogP contribution in [-0.4, -0.2) is 41.0 Å². The Morgan fingerprint density at radius 3 is 2.55 bits per heavy atom. The lowest BCUT2D eigenvalue weighted by molar-refractivity contribution is -0.136. The number of hydrogen-bond acceptors (Lipinski definition) is 4. The molecule has 1 atom stereocenters. The molecule has 0 bridgehead atoms. The minimum Gasteiger partial charge on any atom is -0.490 e. The van der Waals surface area contributed by atoms with Crippen LogP contribution in [0.25, 0.3) is 0 Å². The molecule has 168 valence electrons. The van der Waals surface area contributed by atoms with Crippen LogP contribution in [0, 0.1) is 5.92 Å². The number of benzene rings is 2. The highest BCUT2D eigenvalue weighted by molar-refractivity contribution is 9.10. The SMILES string of the molecule is CC(C)(CC1Cc2ccccc2C1)NC[C@@H](O)COc1cc(CCC(=O)O)ccc1Br. The maximum absolute atomic E-state index is 10.8. The Labute approximate surface area is 193 Å². The third-order valence-corrected chi connectivity index (χ3v) is 6.46. The number of aliphatic hydroxyl groups excluding tert-OH is 1. The zero-order chi connectivity index (χ0) is 22.4. The second kappa shape index (κ2) is 10.6. The van der Waals surface area contributed by atoms with E-state index in [2.05, 4.69) is 59.4 Å². The van der Waals surface area contributed by atoms with E-state index in [0.29, 0.717) is 24.6 Å². The molecule has 0 aromatic heterocycles. The fraction of sp³-hybridized carbons (Fsp3) is 0.480. The molecule has 6 heteroatoms. The Bertz CT molecular complexity index is 874. The highest BCUT2D eigenvalue weighted by atomic mass is 79.9. The third kappa shape index (κ3) is 7.34. The monoisotopic (exact) mass is 489 g/mol. The summed E-state index contributed by atoms with van der Waals surface area (Å²) < 4.78 is 6.59. The van der Waals surface area contributed by atoms with Crippen LogP contribution in [0.3, 0.4) is 0 Å². The molecule has 0 fully saturated rings. The van der Waals surface area contributed by atoms with Gasteiger partial charge in [-0.05, 0) is 90.2 Å². The third-order valence-electron chi connectivity index (χ3n) is 5.81. The second-order valence-corrected chi connectivity index (χ2v) is 9.99. The second-order valence-electron chi connectivity index (χ2n) is 9.14. The molecular weight excluding hydrogens is 458 g/mol. The molecule has 3 rings (SSSR count). The number of carbonyl (C=O) groups is 1. The molecule has 0 saturated heterocycles. The Hall–Kier alpha value is -1.89. The molecule has 0 unspecified atom stereocenters. The molecule has 0 saturated carbocycles. The van der Waals surface area contributed by atoms with Crippen molar-refractivity contribution >= 4 is 21.9 Å². The Morgan fingerprint density at radius 1 is 1.23 bits per heavy atom. The zero-order valence-corrected chi connectivity index (χ0v) is 19.8. The number of aryl methyl sites for hydroxylation is 1. The maximum atomic E-state index is 10.8. The van der Waals surface area contributed by atoms with Crippen molar-refractivity contribution in [3.8, 4) is 5.75 Å². The first-order chi connectivity index (χ1) is 14.7. The van der Waals surface area contributed by atoms with Gasteiger partial charge in [-0.15, -0.1) is 0 Å². The van der Waals surface area contributed by atoms with Crippen LogP contribution in [0.5, 0.6) is 5.75 Å². The molecule has 2 aromatic rings. The van der Waals surface area contributed by atoms with Crippen LogP contribution in [0.2, 0.25) is 0 Å². The summed E-state index contributed by atoms with van der Waals surface area (Å²) in [5, 5.41) is 22.8. The van der Waals surface area contributed by atoms with Crippen LogP contribution in [0.15, 0.2) is 46.9 Å². The van der Waals surface area contributed by atoms with Crippen LogP contribution in [-0.2, 0) is 24.1 Å². The van der Waals surface area contributed by atoms with E-state index in [1.807, 2.05) is 18.2 Å². The smallest absolute Gasteiger partial charge is 0.303 e. The number of fused-ring (bicyclic) bond motifs is 1. The summed E-state index contributed by atoms with van der Waals surface area (Å²) in [5.74, 6) is 0.415. The lowest BCUT2D eigenvalue weighted by Crippen LogP contribution is -2.46. The molecule has 0 amide bonds. The van der Waals surface area contributed by atoms with Crippen LogP contribution in [0.4, 0.5) is 0 Å². The van der Waals surface area contributed by atoms with E-state index >= 15 is 0 Å².